The molecule has 0 spiro atoms. The van der Waals surface area contributed by atoms with Crippen molar-refractivity contribution in [3.63, 3.8) is 0 Å². The fourth-order valence-electron chi connectivity index (χ4n) is 1.06. The Morgan fingerprint density at radius 1 is 1.12 bits per heavy atom. The normalized spacial score (nSPS) is 15.6. The van der Waals surface area contributed by atoms with Gasteiger partial charge < -0.3 is 0 Å². The van der Waals surface area contributed by atoms with Gasteiger partial charge in [0.1, 0.15) is 5.38 Å². The van der Waals surface area contributed by atoms with Gasteiger partial charge in [-0.25, -0.2) is 0 Å². The van der Waals surface area contributed by atoms with Gasteiger partial charge in [0.15, 0.2) is 11.2 Å². The van der Waals surface area contributed by atoms with E-state index in [1.165, 1.54) is 24.3 Å². The van der Waals surface area contributed by atoms with Gasteiger partial charge in [-0.3, -0.25) is 4.79 Å². The quantitative estimate of drug-likeness (QED) is 0.605. The Bertz CT molecular complexity index is 364. The number of benzene rings is 1. The summed E-state index contributed by atoms with van der Waals surface area (Å²) in [6.45, 7) is 0. The largest absolute Gasteiger partial charge is 0.406 e. The zero-order valence-electron chi connectivity index (χ0n) is 7.84. The maximum absolute atomic E-state index is 12.2. The van der Waals surface area contributed by atoms with E-state index in [0.717, 1.165) is 0 Å². The van der Waals surface area contributed by atoms with E-state index < -0.39 is 22.7 Å². The number of carbonyl (C=O) groups excluding carboxylic acids is 1. The van der Waals surface area contributed by atoms with Crippen molar-refractivity contribution >= 4 is 29.0 Å². The number of rotatable bonds is 3. The van der Waals surface area contributed by atoms with Crippen LogP contribution in [0, 0.1) is 0 Å². The topological polar surface area (TPSA) is 17.1 Å². The predicted octanol–water partition coefficient (Wildman–Crippen LogP) is 3.65. The number of ketones is 1. The third-order valence-electron chi connectivity index (χ3n) is 1.88. The van der Waals surface area contributed by atoms with Gasteiger partial charge in [0, 0.05) is 5.56 Å². The highest BCUT2D eigenvalue weighted by atomic mass is 35.5. The molecule has 16 heavy (non-hydrogen) atoms. The number of Topliss-reactive ketones (excluding diaryl/α,β-unsaturated/α-hetero) is 1. The van der Waals surface area contributed by atoms with Crippen LogP contribution in [-0.4, -0.2) is 22.7 Å². The van der Waals surface area contributed by atoms with Crippen LogP contribution in [0.4, 0.5) is 13.2 Å². The molecule has 1 rings (SSSR count). The van der Waals surface area contributed by atoms with E-state index in [-0.39, 0.29) is 5.56 Å². The minimum atomic E-state index is -4.70. The predicted molar refractivity (Wildman–Crippen MR) is 56.1 cm³/mol. The maximum Gasteiger partial charge on any atom is 0.406 e. The monoisotopic (exact) mass is 270 g/mol. The molecule has 0 aliphatic carbocycles. The lowest BCUT2D eigenvalue weighted by atomic mass is 10.1. The summed E-state index contributed by atoms with van der Waals surface area (Å²) in [5.74, 6) is -0.834. The molecule has 0 aliphatic heterocycles. The third kappa shape index (κ3) is 3.12. The number of alkyl halides is 5. The van der Waals surface area contributed by atoms with Crippen molar-refractivity contribution < 1.29 is 18.0 Å². The first-order chi connectivity index (χ1) is 7.34. The van der Waals surface area contributed by atoms with Gasteiger partial charge in [0.2, 0.25) is 0 Å². The highest BCUT2D eigenvalue weighted by Crippen LogP contribution is 2.31. The maximum atomic E-state index is 12.2. The molecule has 2 unspecified atom stereocenters. The summed E-state index contributed by atoms with van der Waals surface area (Å²) in [4.78, 5) is 11.5. The van der Waals surface area contributed by atoms with Crippen molar-refractivity contribution in [3.8, 4) is 0 Å². The van der Waals surface area contributed by atoms with E-state index in [4.69, 9.17) is 23.2 Å². The Kier molecular flexibility index (Phi) is 4.21. The van der Waals surface area contributed by atoms with Gasteiger partial charge in [-0.2, -0.15) is 13.2 Å². The molecule has 0 saturated heterocycles. The summed E-state index contributed by atoms with van der Waals surface area (Å²) >= 11 is 10.5. The third-order valence-corrected chi connectivity index (χ3v) is 2.96. The van der Waals surface area contributed by atoms with Crippen LogP contribution >= 0.6 is 23.2 Å². The summed E-state index contributed by atoms with van der Waals surface area (Å²) in [5, 5.41) is -4.20. The minimum Gasteiger partial charge on any atom is -0.292 e. The lowest BCUT2D eigenvalue weighted by Gasteiger charge is -2.17. The molecule has 88 valence electrons. The van der Waals surface area contributed by atoms with Crippen LogP contribution in [0.2, 0.25) is 0 Å². The van der Waals surface area contributed by atoms with Crippen molar-refractivity contribution in [2.24, 2.45) is 0 Å². The van der Waals surface area contributed by atoms with Crippen molar-refractivity contribution in [1.82, 2.24) is 0 Å². The summed E-state index contributed by atoms with van der Waals surface area (Å²) in [5.41, 5.74) is 0.109. The Balaban J connectivity index is 2.84. The molecule has 2 atom stereocenters. The lowest BCUT2D eigenvalue weighted by molar-refractivity contribution is -0.129. The Morgan fingerprint density at radius 2 is 1.62 bits per heavy atom. The highest BCUT2D eigenvalue weighted by Gasteiger charge is 2.45. The van der Waals surface area contributed by atoms with Crippen LogP contribution in [0.5, 0.6) is 0 Å². The molecule has 0 bridgehead atoms. The summed E-state index contributed by atoms with van der Waals surface area (Å²) in [6, 6.07) is 7.48. The summed E-state index contributed by atoms with van der Waals surface area (Å²) in [6.07, 6.45) is -4.70. The van der Waals surface area contributed by atoms with Gasteiger partial charge in [-0.15, -0.1) is 23.2 Å². The molecular formula is C10H7Cl2F3O. The molecule has 0 aromatic heterocycles. The van der Waals surface area contributed by atoms with E-state index in [1.54, 1.807) is 6.07 Å². The van der Waals surface area contributed by atoms with Crippen LogP contribution < -0.4 is 0 Å². The van der Waals surface area contributed by atoms with E-state index in [0.29, 0.717) is 0 Å². The Hall–Kier alpha value is -0.740. The first kappa shape index (κ1) is 13.3. The first-order valence-corrected chi connectivity index (χ1v) is 5.15. The van der Waals surface area contributed by atoms with Crippen molar-refractivity contribution in [2.75, 3.05) is 0 Å². The minimum absolute atomic E-state index is 0.109. The van der Waals surface area contributed by atoms with Gasteiger partial charge in [0.05, 0.1) is 0 Å². The molecule has 0 fully saturated rings. The zero-order valence-corrected chi connectivity index (χ0v) is 9.35. The van der Waals surface area contributed by atoms with Crippen LogP contribution in [0.15, 0.2) is 30.3 Å². The lowest BCUT2D eigenvalue weighted by Crippen LogP contribution is -2.36. The van der Waals surface area contributed by atoms with E-state index in [2.05, 4.69) is 0 Å². The fourth-order valence-corrected chi connectivity index (χ4v) is 1.44. The first-order valence-electron chi connectivity index (χ1n) is 4.28. The molecule has 6 heteroatoms. The second-order valence-corrected chi connectivity index (χ2v) is 4.02. The van der Waals surface area contributed by atoms with Gasteiger partial charge in [-0.05, 0) is 0 Å². The standard InChI is InChI=1S/C10H7Cl2F3O/c11-7(9(12)10(13,14)15)8(16)6-4-2-1-3-5-6/h1-5,7,9H. The molecule has 0 heterocycles. The number of hydrogen-bond donors (Lipinski definition) is 0. The van der Waals surface area contributed by atoms with Crippen LogP contribution in [-0.2, 0) is 0 Å². The van der Waals surface area contributed by atoms with Crippen LogP contribution in [0.1, 0.15) is 10.4 Å². The molecule has 1 aromatic rings. The van der Waals surface area contributed by atoms with Crippen molar-refractivity contribution in [3.05, 3.63) is 35.9 Å². The van der Waals surface area contributed by atoms with Gasteiger partial charge in [0.25, 0.3) is 0 Å². The van der Waals surface area contributed by atoms with Crippen molar-refractivity contribution in [1.29, 1.82) is 0 Å². The summed E-state index contributed by atoms with van der Waals surface area (Å²) in [7, 11) is 0. The highest BCUT2D eigenvalue weighted by molar-refractivity contribution is 6.40. The molecule has 0 N–H and O–H groups in total. The average molecular weight is 271 g/mol. The Labute approximate surface area is 100 Å². The molecule has 0 saturated carbocycles. The fraction of sp³-hybridized carbons (Fsp3) is 0.300. The van der Waals surface area contributed by atoms with Crippen LogP contribution in [0.3, 0.4) is 0 Å². The molecule has 0 aliphatic rings. The molecule has 1 aromatic carbocycles. The molecule has 0 amide bonds. The van der Waals surface area contributed by atoms with E-state index in [1.807, 2.05) is 0 Å². The molecule has 1 nitrogen and oxygen atoms in total. The summed E-state index contributed by atoms with van der Waals surface area (Å²) < 4.78 is 36.6. The molecular weight excluding hydrogens is 264 g/mol. The molecule has 0 radical (unpaired) electrons. The Morgan fingerprint density at radius 3 is 2.06 bits per heavy atom. The second-order valence-electron chi connectivity index (χ2n) is 3.08. The number of carbonyl (C=O) groups is 1. The number of halogens is 5. The van der Waals surface area contributed by atoms with Gasteiger partial charge >= 0.3 is 6.18 Å². The van der Waals surface area contributed by atoms with Crippen LogP contribution in [0.25, 0.3) is 0 Å². The van der Waals surface area contributed by atoms with Crippen molar-refractivity contribution in [2.45, 2.75) is 16.9 Å². The smallest absolute Gasteiger partial charge is 0.292 e. The van der Waals surface area contributed by atoms with Gasteiger partial charge in [-0.1, -0.05) is 30.3 Å². The van der Waals surface area contributed by atoms with E-state index in [9.17, 15) is 18.0 Å². The average Bonchev–Trinajstić information content (AvgIpc) is 2.26. The second kappa shape index (κ2) is 5.06. The van der Waals surface area contributed by atoms with E-state index >= 15 is 0 Å². The SMILES string of the molecule is O=C(c1ccccc1)C(Cl)C(Cl)C(F)(F)F. The number of hydrogen-bond acceptors (Lipinski definition) is 1. The zero-order chi connectivity index (χ0) is 12.3.